The molecular formula is C23H23N3O2. The average Bonchev–Trinajstić information content (AvgIpc) is 3.43. The van der Waals surface area contributed by atoms with E-state index in [1.54, 1.807) is 0 Å². The molecule has 1 aromatic heterocycles. The minimum absolute atomic E-state index is 0.202. The van der Waals surface area contributed by atoms with Gasteiger partial charge in [-0.1, -0.05) is 53.7 Å². The summed E-state index contributed by atoms with van der Waals surface area (Å²) in [6.45, 7) is 3.22. The second-order valence-corrected chi connectivity index (χ2v) is 7.64. The van der Waals surface area contributed by atoms with E-state index in [4.69, 9.17) is 4.52 Å². The van der Waals surface area contributed by atoms with Gasteiger partial charge in [-0.3, -0.25) is 4.79 Å². The van der Waals surface area contributed by atoms with Gasteiger partial charge in [0.05, 0.1) is 11.1 Å². The molecule has 1 amide bonds. The molecule has 3 aromatic rings. The lowest BCUT2D eigenvalue weighted by atomic mass is 9.99. The van der Waals surface area contributed by atoms with E-state index in [0.29, 0.717) is 0 Å². The predicted octanol–water partition coefficient (Wildman–Crippen LogP) is 3.72. The Labute approximate surface area is 164 Å². The van der Waals surface area contributed by atoms with Crippen LogP contribution >= 0.6 is 0 Å². The van der Waals surface area contributed by atoms with Gasteiger partial charge in [-0.15, -0.1) is 0 Å². The van der Waals surface area contributed by atoms with Gasteiger partial charge in [-0.25, -0.2) is 0 Å². The first-order valence-corrected chi connectivity index (χ1v) is 9.88. The van der Waals surface area contributed by atoms with E-state index in [9.17, 15) is 4.79 Å². The zero-order valence-corrected chi connectivity index (χ0v) is 15.8. The quantitative estimate of drug-likeness (QED) is 0.699. The van der Waals surface area contributed by atoms with Crippen molar-refractivity contribution < 1.29 is 9.32 Å². The third-order valence-corrected chi connectivity index (χ3v) is 5.91. The Kier molecular flexibility index (Phi) is 4.15. The largest absolute Gasteiger partial charge is 0.368 e. The van der Waals surface area contributed by atoms with Crippen LogP contribution in [0.4, 0.5) is 5.69 Å². The van der Waals surface area contributed by atoms with E-state index in [1.165, 1.54) is 5.69 Å². The number of para-hydroxylation sites is 1. The van der Waals surface area contributed by atoms with Gasteiger partial charge in [0.15, 0.2) is 5.76 Å². The zero-order valence-electron chi connectivity index (χ0n) is 15.8. The van der Waals surface area contributed by atoms with E-state index in [-0.39, 0.29) is 5.91 Å². The summed E-state index contributed by atoms with van der Waals surface area (Å²) in [6, 6.07) is 22.2. The van der Waals surface area contributed by atoms with Gasteiger partial charge in [0.25, 0.3) is 0 Å². The highest BCUT2D eigenvalue weighted by molar-refractivity contribution is 5.91. The topological polar surface area (TPSA) is 49.6 Å². The standard InChI is InChI=1S/C23H23N3O2/c27-22(26-15-13-25(14-16-26)19-9-5-2-6-10-19)23(11-12-23)21-17-20(28-24-21)18-7-3-1-4-8-18/h1-10,17H,11-16H2. The van der Waals surface area contributed by atoms with E-state index in [1.807, 2.05) is 47.4 Å². The normalized spacial score (nSPS) is 18.1. The summed E-state index contributed by atoms with van der Waals surface area (Å²) in [7, 11) is 0. The van der Waals surface area contributed by atoms with Crippen LogP contribution in [0.1, 0.15) is 18.5 Å². The van der Waals surface area contributed by atoms with Crippen molar-refractivity contribution in [2.45, 2.75) is 18.3 Å². The highest BCUT2D eigenvalue weighted by Crippen LogP contribution is 2.50. The SMILES string of the molecule is O=C(N1CCN(c2ccccc2)CC1)C1(c2cc(-c3ccccc3)on2)CC1. The number of hydrogen-bond acceptors (Lipinski definition) is 4. The molecule has 2 heterocycles. The average molecular weight is 373 g/mol. The van der Waals surface area contributed by atoms with Crippen molar-refractivity contribution in [3.05, 3.63) is 72.4 Å². The molecule has 0 radical (unpaired) electrons. The summed E-state index contributed by atoms with van der Waals surface area (Å²) in [4.78, 5) is 17.6. The molecule has 2 fully saturated rings. The molecule has 2 aliphatic rings. The van der Waals surface area contributed by atoms with Gasteiger partial charge in [0, 0.05) is 43.5 Å². The van der Waals surface area contributed by atoms with Gasteiger partial charge < -0.3 is 14.3 Å². The summed E-state index contributed by atoms with van der Waals surface area (Å²) in [5.41, 5.74) is 2.51. The predicted molar refractivity (Wildman–Crippen MR) is 108 cm³/mol. The molecular weight excluding hydrogens is 350 g/mol. The molecule has 1 aliphatic carbocycles. The maximum absolute atomic E-state index is 13.3. The number of rotatable bonds is 4. The Morgan fingerprint density at radius 3 is 2.18 bits per heavy atom. The van der Waals surface area contributed by atoms with Crippen molar-refractivity contribution in [2.24, 2.45) is 0 Å². The highest BCUT2D eigenvalue weighted by Gasteiger charge is 2.55. The number of aromatic nitrogens is 1. The molecule has 5 heteroatoms. The van der Waals surface area contributed by atoms with Crippen molar-refractivity contribution in [1.82, 2.24) is 10.1 Å². The number of hydrogen-bond donors (Lipinski definition) is 0. The van der Waals surface area contributed by atoms with Crippen LogP contribution < -0.4 is 4.90 Å². The van der Waals surface area contributed by atoms with Gasteiger partial charge in [-0.2, -0.15) is 0 Å². The first kappa shape index (κ1) is 17.0. The van der Waals surface area contributed by atoms with Crippen LogP contribution in [-0.4, -0.2) is 42.1 Å². The lowest BCUT2D eigenvalue weighted by Crippen LogP contribution is -2.51. The summed E-state index contributed by atoms with van der Waals surface area (Å²) in [5, 5.41) is 4.27. The monoisotopic (exact) mass is 373 g/mol. The third kappa shape index (κ3) is 2.97. The number of carbonyl (C=O) groups is 1. The van der Waals surface area contributed by atoms with Crippen LogP contribution in [0.25, 0.3) is 11.3 Å². The maximum atomic E-state index is 13.3. The molecule has 1 saturated carbocycles. The Bertz CT molecular complexity index is 956. The van der Waals surface area contributed by atoms with E-state index in [0.717, 1.165) is 56.0 Å². The van der Waals surface area contributed by atoms with Crippen LogP contribution in [-0.2, 0) is 10.2 Å². The van der Waals surface area contributed by atoms with E-state index in [2.05, 4.69) is 34.3 Å². The number of amides is 1. The van der Waals surface area contributed by atoms with Gasteiger partial charge in [-0.05, 0) is 25.0 Å². The molecule has 1 aliphatic heterocycles. The Morgan fingerprint density at radius 2 is 1.54 bits per heavy atom. The molecule has 5 nitrogen and oxygen atoms in total. The number of nitrogens with zero attached hydrogens (tertiary/aromatic N) is 3. The number of carbonyl (C=O) groups excluding carboxylic acids is 1. The fourth-order valence-electron chi connectivity index (χ4n) is 4.05. The molecule has 28 heavy (non-hydrogen) atoms. The van der Waals surface area contributed by atoms with Gasteiger partial charge in [0.2, 0.25) is 5.91 Å². The van der Waals surface area contributed by atoms with Crippen LogP contribution in [0.2, 0.25) is 0 Å². The van der Waals surface area contributed by atoms with Crippen molar-refractivity contribution in [2.75, 3.05) is 31.1 Å². The molecule has 142 valence electrons. The van der Waals surface area contributed by atoms with Crippen LogP contribution in [0.15, 0.2) is 71.3 Å². The molecule has 0 bridgehead atoms. The van der Waals surface area contributed by atoms with E-state index >= 15 is 0 Å². The lowest BCUT2D eigenvalue weighted by Gasteiger charge is -2.37. The molecule has 2 aromatic carbocycles. The summed E-state index contributed by atoms with van der Waals surface area (Å²) >= 11 is 0. The fraction of sp³-hybridized carbons (Fsp3) is 0.304. The number of piperazine rings is 1. The Morgan fingerprint density at radius 1 is 0.893 bits per heavy atom. The van der Waals surface area contributed by atoms with Crippen molar-refractivity contribution >= 4 is 11.6 Å². The second kappa shape index (κ2) is 6.82. The van der Waals surface area contributed by atoms with Gasteiger partial charge >= 0.3 is 0 Å². The molecule has 0 unspecified atom stereocenters. The molecule has 5 rings (SSSR count). The van der Waals surface area contributed by atoms with E-state index < -0.39 is 5.41 Å². The molecule has 0 atom stereocenters. The first-order valence-electron chi connectivity index (χ1n) is 9.88. The molecule has 0 N–H and O–H groups in total. The minimum Gasteiger partial charge on any atom is -0.368 e. The summed E-state index contributed by atoms with van der Waals surface area (Å²) in [6.07, 6.45) is 1.71. The molecule has 1 saturated heterocycles. The van der Waals surface area contributed by atoms with Crippen LogP contribution in [0.3, 0.4) is 0 Å². The Balaban J connectivity index is 1.29. The molecule has 0 spiro atoms. The Hall–Kier alpha value is -3.08. The summed E-state index contributed by atoms with van der Waals surface area (Å²) < 4.78 is 5.56. The minimum atomic E-state index is -0.481. The number of benzene rings is 2. The summed E-state index contributed by atoms with van der Waals surface area (Å²) in [5.74, 6) is 0.927. The van der Waals surface area contributed by atoms with Gasteiger partial charge in [0.1, 0.15) is 0 Å². The van der Waals surface area contributed by atoms with Crippen molar-refractivity contribution in [3.63, 3.8) is 0 Å². The fourth-order valence-corrected chi connectivity index (χ4v) is 4.05. The highest BCUT2D eigenvalue weighted by atomic mass is 16.5. The van der Waals surface area contributed by atoms with Crippen molar-refractivity contribution in [1.29, 1.82) is 0 Å². The maximum Gasteiger partial charge on any atom is 0.235 e. The number of anilines is 1. The second-order valence-electron chi connectivity index (χ2n) is 7.64. The first-order chi connectivity index (χ1) is 13.8. The lowest BCUT2D eigenvalue weighted by molar-refractivity contribution is -0.134. The smallest absolute Gasteiger partial charge is 0.235 e. The zero-order chi connectivity index (χ0) is 19.0. The van der Waals surface area contributed by atoms with Crippen LogP contribution in [0.5, 0.6) is 0 Å². The third-order valence-electron chi connectivity index (χ3n) is 5.91. The van der Waals surface area contributed by atoms with Crippen LogP contribution in [0, 0.1) is 0 Å². The van der Waals surface area contributed by atoms with Crippen molar-refractivity contribution in [3.8, 4) is 11.3 Å².